The predicted octanol–water partition coefficient (Wildman–Crippen LogP) is 2.20. The maximum absolute atomic E-state index is 11.7. The fourth-order valence-corrected chi connectivity index (χ4v) is 1.96. The molecule has 1 aromatic rings. The van der Waals surface area contributed by atoms with Gasteiger partial charge in [0.2, 0.25) is 0 Å². The van der Waals surface area contributed by atoms with E-state index in [9.17, 15) is 4.79 Å². The van der Waals surface area contributed by atoms with E-state index in [2.05, 4.69) is 10.6 Å². The zero-order valence-corrected chi connectivity index (χ0v) is 10.9. The van der Waals surface area contributed by atoms with Crippen molar-refractivity contribution < 1.29 is 9.90 Å². The van der Waals surface area contributed by atoms with Crippen LogP contribution in [0.25, 0.3) is 0 Å². The third kappa shape index (κ3) is 3.01. The van der Waals surface area contributed by atoms with Gasteiger partial charge < -0.3 is 15.7 Å². The number of aliphatic hydroxyl groups excluding tert-OH is 1. The third-order valence-electron chi connectivity index (χ3n) is 3.55. The van der Waals surface area contributed by atoms with Crippen LogP contribution in [0.3, 0.4) is 0 Å². The molecule has 1 aliphatic carbocycles. The van der Waals surface area contributed by atoms with E-state index in [1.54, 1.807) is 0 Å². The number of urea groups is 1. The number of carbonyl (C=O) groups is 1. The lowest BCUT2D eigenvalue weighted by molar-refractivity contribution is 0.206. The first kappa shape index (κ1) is 12.9. The Morgan fingerprint density at radius 3 is 2.67 bits per heavy atom. The van der Waals surface area contributed by atoms with E-state index < -0.39 is 0 Å². The van der Waals surface area contributed by atoms with Crippen LogP contribution in [0, 0.1) is 19.3 Å². The lowest BCUT2D eigenvalue weighted by Gasteiger charge is -2.14. The Hall–Kier alpha value is -1.55. The summed E-state index contributed by atoms with van der Waals surface area (Å²) in [6.07, 6.45) is 1.99. The number of hydrogen-bond acceptors (Lipinski definition) is 2. The van der Waals surface area contributed by atoms with Gasteiger partial charge in [-0.2, -0.15) is 0 Å². The van der Waals surface area contributed by atoms with E-state index in [4.69, 9.17) is 5.11 Å². The average Bonchev–Trinajstić information content (AvgIpc) is 3.11. The summed E-state index contributed by atoms with van der Waals surface area (Å²) in [6.45, 7) is 4.69. The zero-order chi connectivity index (χ0) is 13.2. The fraction of sp³-hybridized carbons (Fsp3) is 0.500. The van der Waals surface area contributed by atoms with Crippen molar-refractivity contribution in [3.8, 4) is 0 Å². The monoisotopic (exact) mass is 248 g/mol. The minimum absolute atomic E-state index is 0.0559. The quantitative estimate of drug-likeness (QED) is 0.765. The van der Waals surface area contributed by atoms with Gasteiger partial charge in [0.25, 0.3) is 0 Å². The second-order valence-electron chi connectivity index (χ2n) is 5.28. The van der Waals surface area contributed by atoms with Crippen molar-refractivity contribution >= 4 is 11.7 Å². The van der Waals surface area contributed by atoms with Crippen molar-refractivity contribution in [2.75, 3.05) is 18.5 Å². The number of rotatable bonds is 4. The van der Waals surface area contributed by atoms with E-state index in [1.807, 2.05) is 32.0 Å². The summed E-state index contributed by atoms with van der Waals surface area (Å²) in [6, 6.07) is 5.70. The number of aryl methyl sites for hydroxylation is 2. The molecule has 0 aliphatic heterocycles. The van der Waals surface area contributed by atoms with Gasteiger partial charge in [0.05, 0.1) is 6.61 Å². The molecule has 1 aliphatic rings. The third-order valence-corrected chi connectivity index (χ3v) is 3.55. The number of anilines is 1. The standard InChI is InChI=1S/C14H20N2O2/c1-10-3-4-12(11(2)7-10)16-13(18)15-8-14(9-17)5-6-14/h3-4,7,17H,5-6,8-9H2,1-2H3,(H2,15,16,18). The van der Waals surface area contributed by atoms with Crippen LogP contribution in [0.2, 0.25) is 0 Å². The maximum atomic E-state index is 11.7. The van der Waals surface area contributed by atoms with Crippen molar-refractivity contribution in [2.45, 2.75) is 26.7 Å². The van der Waals surface area contributed by atoms with Crippen LogP contribution >= 0.6 is 0 Å². The molecule has 0 atom stereocenters. The largest absolute Gasteiger partial charge is 0.396 e. The van der Waals surface area contributed by atoms with E-state index in [0.717, 1.165) is 24.1 Å². The average molecular weight is 248 g/mol. The topological polar surface area (TPSA) is 61.4 Å². The first-order valence-electron chi connectivity index (χ1n) is 6.28. The Kier molecular flexibility index (Phi) is 3.57. The van der Waals surface area contributed by atoms with Crippen molar-refractivity contribution in [3.05, 3.63) is 29.3 Å². The van der Waals surface area contributed by atoms with Crippen LogP contribution in [0.4, 0.5) is 10.5 Å². The van der Waals surface area contributed by atoms with Crippen LogP contribution < -0.4 is 10.6 Å². The van der Waals surface area contributed by atoms with Crippen molar-refractivity contribution in [3.63, 3.8) is 0 Å². The smallest absolute Gasteiger partial charge is 0.319 e. The highest BCUT2D eigenvalue weighted by Crippen LogP contribution is 2.44. The van der Waals surface area contributed by atoms with Gasteiger partial charge in [-0.1, -0.05) is 17.7 Å². The second kappa shape index (κ2) is 4.98. The van der Waals surface area contributed by atoms with Crippen LogP contribution in [0.1, 0.15) is 24.0 Å². The SMILES string of the molecule is Cc1ccc(NC(=O)NCC2(CO)CC2)c(C)c1. The molecular weight excluding hydrogens is 228 g/mol. The molecule has 0 heterocycles. The molecule has 0 spiro atoms. The van der Waals surface area contributed by atoms with Crippen LogP contribution in [-0.4, -0.2) is 24.3 Å². The van der Waals surface area contributed by atoms with Gasteiger partial charge >= 0.3 is 6.03 Å². The molecule has 0 bridgehead atoms. The summed E-state index contributed by atoms with van der Waals surface area (Å²) >= 11 is 0. The number of aliphatic hydroxyl groups is 1. The van der Waals surface area contributed by atoms with Gasteiger partial charge in [-0.05, 0) is 38.3 Å². The van der Waals surface area contributed by atoms with Gasteiger partial charge in [-0.3, -0.25) is 0 Å². The molecule has 98 valence electrons. The predicted molar refractivity (Wildman–Crippen MR) is 71.7 cm³/mol. The zero-order valence-electron chi connectivity index (χ0n) is 10.9. The van der Waals surface area contributed by atoms with Crippen LogP contribution in [0.15, 0.2) is 18.2 Å². The number of carbonyl (C=O) groups excluding carboxylic acids is 1. The second-order valence-corrected chi connectivity index (χ2v) is 5.28. The Balaban J connectivity index is 1.87. The van der Waals surface area contributed by atoms with Crippen molar-refractivity contribution in [1.29, 1.82) is 0 Å². The molecule has 1 saturated carbocycles. The minimum atomic E-state index is -0.207. The van der Waals surface area contributed by atoms with Crippen LogP contribution in [0.5, 0.6) is 0 Å². The highest BCUT2D eigenvalue weighted by atomic mass is 16.3. The van der Waals surface area contributed by atoms with Gasteiger partial charge in [-0.25, -0.2) is 4.79 Å². The molecule has 0 saturated heterocycles. The molecule has 4 heteroatoms. The van der Waals surface area contributed by atoms with Gasteiger partial charge in [0.15, 0.2) is 0 Å². The Morgan fingerprint density at radius 1 is 1.39 bits per heavy atom. The molecule has 18 heavy (non-hydrogen) atoms. The molecule has 1 fully saturated rings. The number of amides is 2. The Labute approximate surface area is 107 Å². The molecule has 2 amide bonds. The molecule has 0 unspecified atom stereocenters. The lowest BCUT2D eigenvalue weighted by atomic mass is 10.1. The Bertz CT molecular complexity index is 453. The normalized spacial score (nSPS) is 16.2. The number of benzene rings is 1. The van der Waals surface area contributed by atoms with E-state index in [-0.39, 0.29) is 18.1 Å². The summed E-state index contributed by atoms with van der Waals surface area (Å²) in [5.41, 5.74) is 3.00. The summed E-state index contributed by atoms with van der Waals surface area (Å²) in [5, 5.41) is 14.8. The van der Waals surface area contributed by atoms with Crippen molar-refractivity contribution in [2.24, 2.45) is 5.41 Å². The number of nitrogens with one attached hydrogen (secondary N) is 2. The summed E-state index contributed by atoms with van der Waals surface area (Å²) < 4.78 is 0. The first-order chi connectivity index (χ1) is 8.54. The van der Waals surface area contributed by atoms with Gasteiger partial charge in [-0.15, -0.1) is 0 Å². The maximum Gasteiger partial charge on any atom is 0.319 e. The molecular formula is C14H20N2O2. The first-order valence-corrected chi connectivity index (χ1v) is 6.28. The van der Waals surface area contributed by atoms with Crippen LogP contribution in [-0.2, 0) is 0 Å². The van der Waals surface area contributed by atoms with E-state index >= 15 is 0 Å². The molecule has 4 nitrogen and oxygen atoms in total. The number of hydrogen-bond donors (Lipinski definition) is 3. The molecule has 3 N–H and O–H groups in total. The van der Waals surface area contributed by atoms with Gasteiger partial charge in [0.1, 0.15) is 0 Å². The highest BCUT2D eigenvalue weighted by molar-refractivity contribution is 5.90. The Morgan fingerprint density at radius 2 is 2.11 bits per heavy atom. The van der Waals surface area contributed by atoms with Gasteiger partial charge in [0, 0.05) is 17.6 Å². The summed E-state index contributed by atoms with van der Waals surface area (Å²) in [5.74, 6) is 0. The van der Waals surface area contributed by atoms with E-state index in [0.29, 0.717) is 6.54 Å². The highest BCUT2D eigenvalue weighted by Gasteiger charge is 2.42. The van der Waals surface area contributed by atoms with E-state index in [1.165, 1.54) is 5.56 Å². The minimum Gasteiger partial charge on any atom is -0.396 e. The fourth-order valence-electron chi connectivity index (χ4n) is 1.96. The summed E-state index contributed by atoms with van der Waals surface area (Å²) in [7, 11) is 0. The lowest BCUT2D eigenvalue weighted by Crippen LogP contribution is -2.35. The molecule has 0 aromatic heterocycles. The van der Waals surface area contributed by atoms with Crippen molar-refractivity contribution in [1.82, 2.24) is 5.32 Å². The molecule has 2 rings (SSSR count). The summed E-state index contributed by atoms with van der Waals surface area (Å²) in [4.78, 5) is 11.7. The molecule has 0 radical (unpaired) electrons. The molecule has 1 aromatic carbocycles.